The molecular weight excluding hydrogens is 286 g/mol. The van der Waals surface area contributed by atoms with Gasteiger partial charge in [0.25, 0.3) is 0 Å². The Bertz CT molecular complexity index is 872. The first-order chi connectivity index (χ1) is 10.3. The quantitative estimate of drug-likeness (QED) is 0.819. The van der Waals surface area contributed by atoms with Crippen LogP contribution in [0.5, 0.6) is 5.75 Å². The average Bonchev–Trinajstić information content (AvgIpc) is 3.10. The van der Waals surface area contributed by atoms with E-state index in [2.05, 4.69) is 14.3 Å². The highest BCUT2D eigenvalue weighted by Gasteiger charge is 2.25. The van der Waals surface area contributed by atoms with Crippen LogP contribution in [-0.2, 0) is 11.0 Å². The van der Waals surface area contributed by atoms with Crippen LogP contribution < -0.4 is 15.4 Å². The summed E-state index contributed by atoms with van der Waals surface area (Å²) in [6.45, 7) is 1.90. The number of methoxy groups -OCH3 is 1. The van der Waals surface area contributed by atoms with Crippen molar-refractivity contribution in [2.24, 2.45) is 4.40 Å². The number of nitrogens with zero attached hydrogens (tertiary/aromatic N) is 3. The van der Waals surface area contributed by atoms with E-state index in [4.69, 9.17) is 4.74 Å². The number of hydrogen-bond acceptors (Lipinski definition) is 4. The van der Waals surface area contributed by atoms with Gasteiger partial charge < -0.3 is 9.64 Å². The van der Waals surface area contributed by atoms with Crippen LogP contribution in [0.25, 0.3) is 15.9 Å². The lowest BCUT2D eigenvalue weighted by molar-refractivity contribution is 0.419. The van der Waals surface area contributed by atoms with Gasteiger partial charge in [0.15, 0.2) is 16.5 Å². The smallest absolute Gasteiger partial charge is 0.192 e. The van der Waals surface area contributed by atoms with E-state index in [1.54, 1.807) is 7.11 Å². The summed E-state index contributed by atoms with van der Waals surface area (Å²) in [6.07, 6.45) is 2.29. The molecular formula is C15H15N3O2S. The molecule has 3 heterocycles. The summed E-state index contributed by atoms with van der Waals surface area (Å²) < 4.78 is 21.9. The standard InChI is InChI=1S/C15H15N3O2S/c1-20-12-6-4-5-10-9-11-14(16-13(10)12)17-21(19)15(11)18-7-2-3-8-18/h4-6,9H,2-3,7-8H2,1H3. The van der Waals surface area contributed by atoms with Gasteiger partial charge in [0.05, 0.1) is 12.3 Å². The molecule has 0 spiro atoms. The maximum atomic E-state index is 12.3. The Morgan fingerprint density at radius 3 is 2.86 bits per heavy atom. The number of para-hydroxylation sites is 1. The van der Waals surface area contributed by atoms with Crippen LogP contribution in [0.1, 0.15) is 12.8 Å². The van der Waals surface area contributed by atoms with E-state index in [-0.39, 0.29) is 0 Å². The average molecular weight is 301 g/mol. The van der Waals surface area contributed by atoms with E-state index in [1.807, 2.05) is 24.3 Å². The van der Waals surface area contributed by atoms with Crippen LogP contribution >= 0.6 is 0 Å². The minimum absolute atomic E-state index is 0.562. The summed E-state index contributed by atoms with van der Waals surface area (Å²) in [5, 5.41) is 2.70. The molecule has 2 aliphatic rings. The summed E-state index contributed by atoms with van der Waals surface area (Å²) in [5.41, 5.74) is 1.33. The first kappa shape index (κ1) is 12.8. The molecule has 0 saturated carbocycles. The molecule has 0 bridgehead atoms. The number of fused-ring (bicyclic) bond motifs is 2. The third kappa shape index (κ3) is 1.93. The molecule has 0 radical (unpaired) electrons. The van der Waals surface area contributed by atoms with Crippen molar-refractivity contribution in [3.63, 3.8) is 0 Å². The molecule has 1 unspecified atom stereocenters. The van der Waals surface area contributed by atoms with Crippen molar-refractivity contribution in [1.82, 2.24) is 9.88 Å². The van der Waals surface area contributed by atoms with Gasteiger partial charge in [0, 0.05) is 18.5 Å². The Hall–Kier alpha value is -1.95. The number of ether oxygens (including phenoxy) is 1. The van der Waals surface area contributed by atoms with Crippen molar-refractivity contribution in [1.29, 1.82) is 0 Å². The molecule has 1 saturated heterocycles. The maximum absolute atomic E-state index is 12.3. The second-order valence-corrected chi connectivity index (χ2v) is 6.30. The number of pyridine rings is 1. The second-order valence-electron chi connectivity index (χ2n) is 5.23. The number of rotatable bonds is 2. The van der Waals surface area contributed by atoms with Crippen LogP contribution in [0, 0.1) is 0 Å². The van der Waals surface area contributed by atoms with Gasteiger partial charge in [-0.2, -0.15) is 4.40 Å². The number of likely N-dealkylation sites (tertiary alicyclic amines) is 1. The molecule has 21 heavy (non-hydrogen) atoms. The van der Waals surface area contributed by atoms with Gasteiger partial charge in [-0.1, -0.05) is 12.1 Å². The molecule has 1 aromatic heterocycles. The monoisotopic (exact) mass is 301 g/mol. The molecule has 5 nitrogen and oxygen atoms in total. The minimum Gasteiger partial charge on any atom is -0.494 e. The van der Waals surface area contributed by atoms with E-state index >= 15 is 0 Å². The molecule has 1 fully saturated rings. The molecule has 0 N–H and O–H groups in total. The Morgan fingerprint density at radius 2 is 2.10 bits per heavy atom. The van der Waals surface area contributed by atoms with Crippen LogP contribution in [0.15, 0.2) is 28.7 Å². The minimum atomic E-state index is -1.34. The first-order valence-corrected chi connectivity index (χ1v) is 8.12. The second kappa shape index (κ2) is 4.80. The third-order valence-electron chi connectivity index (χ3n) is 3.97. The zero-order valence-electron chi connectivity index (χ0n) is 11.7. The predicted molar refractivity (Wildman–Crippen MR) is 81.4 cm³/mol. The third-order valence-corrected chi connectivity index (χ3v) is 5.11. The van der Waals surface area contributed by atoms with Crippen molar-refractivity contribution < 1.29 is 8.95 Å². The van der Waals surface area contributed by atoms with Crippen molar-refractivity contribution >= 4 is 26.9 Å². The molecule has 108 valence electrons. The van der Waals surface area contributed by atoms with E-state index in [9.17, 15) is 4.21 Å². The summed E-state index contributed by atoms with van der Waals surface area (Å²) >= 11 is 0. The zero-order valence-corrected chi connectivity index (χ0v) is 12.5. The highest BCUT2D eigenvalue weighted by atomic mass is 32.2. The van der Waals surface area contributed by atoms with E-state index in [0.29, 0.717) is 11.2 Å². The fraction of sp³-hybridized carbons (Fsp3) is 0.333. The topological polar surface area (TPSA) is 54.8 Å². The normalized spacial score (nSPS) is 20.7. The van der Waals surface area contributed by atoms with Crippen molar-refractivity contribution in [3.8, 4) is 5.75 Å². The maximum Gasteiger partial charge on any atom is 0.192 e. The lowest BCUT2D eigenvalue weighted by atomic mass is 10.2. The highest BCUT2D eigenvalue weighted by molar-refractivity contribution is 7.92. The summed E-state index contributed by atoms with van der Waals surface area (Å²) in [7, 11) is 0.286. The van der Waals surface area contributed by atoms with Gasteiger partial charge in [-0.05, 0) is 25.0 Å². The molecule has 1 atom stereocenters. The first-order valence-electron chi connectivity index (χ1n) is 7.01. The fourth-order valence-electron chi connectivity index (χ4n) is 2.97. The lowest BCUT2D eigenvalue weighted by Crippen LogP contribution is -2.31. The van der Waals surface area contributed by atoms with Gasteiger partial charge >= 0.3 is 0 Å². The molecule has 0 aliphatic carbocycles. The van der Waals surface area contributed by atoms with Gasteiger partial charge in [0.2, 0.25) is 0 Å². The lowest BCUT2D eigenvalue weighted by Gasteiger charge is -2.16. The molecule has 2 aliphatic heterocycles. The van der Waals surface area contributed by atoms with Gasteiger partial charge in [-0.15, -0.1) is 0 Å². The molecule has 2 aromatic rings. The van der Waals surface area contributed by atoms with Crippen molar-refractivity contribution in [2.45, 2.75) is 12.8 Å². The summed E-state index contributed by atoms with van der Waals surface area (Å²) in [5.74, 6) is 0.714. The van der Waals surface area contributed by atoms with E-state index < -0.39 is 11.0 Å². The Morgan fingerprint density at radius 1 is 1.29 bits per heavy atom. The Kier molecular flexibility index (Phi) is 2.92. The number of benzene rings is 1. The fourth-order valence-corrected chi connectivity index (χ4v) is 4.09. The molecule has 4 rings (SSSR count). The largest absolute Gasteiger partial charge is 0.494 e. The van der Waals surface area contributed by atoms with Gasteiger partial charge in [-0.25, -0.2) is 9.19 Å². The van der Waals surface area contributed by atoms with Crippen LogP contribution in [0.3, 0.4) is 0 Å². The SMILES string of the molecule is COc1cccc2cc3c(nc12)=NS(=O)C=3N1CCCC1. The number of aromatic nitrogens is 1. The van der Waals surface area contributed by atoms with Crippen LogP contribution in [0.4, 0.5) is 0 Å². The van der Waals surface area contributed by atoms with Gasteiger partial charge in [-0.3, -0.25) is 0 Å². The number of hydrogen-bond donors (Lipinski definition) is 0. The zero-order chi connectivity index (χ0) is 14.4. The molecule has 6 heteroatoms. The van der Waals surface area contributed by atoms with E-state index in [0.717, 1.165) is 47.1 Å². The Balaban J connectivity index is 2.04. The summed E-state index contributed by atoms with van der Waals surface area (Å²) in [4.78, 5) is 6.75. The molecule has 0 amide bonds. The summed E-state index contributed by atoms with van der Waals surface area (Å²) in [6, 6.07) is 7.84. The Labute approximate surface area is 124 Å². The van der Waals surface area contributed by atoms with Crippen LogP contribution in [0.2, 0.25) is 0 Å². The molecule has 1 aromatic carbocycles. The highest BCUT2D eigenvalue weighted by Crippen LogP contribution is 2.23. The predicted octanol–water partition coefficient (Wildman–Crippen LogP) is 0.702. The van der Waals surface area contributed by atoms with Crippen molar-refractivity contribution in [2.75, 3.05) is 20.2 Å². The van der Waals surface area contributed by atoms with Crippen molar-refractivity contribution in [3.05, 3.63) is 35.0 Å². The van der Waals surface area contributed by atoms with Gasteiger partial charge in [0.1, 0.15) is 16.3 Å². The van der Waals surface area contributed by atoms with E-state index in [1.165, 1.54) is 0 Å². The van der Waals surface area contributed by atoms with Crippen LogP contribution in [-0.4, -0.2) is 34.3 Å².